The normalized spacial score (nSPS) is 11.4. The van der Waals surface area contributed by atoms with Crippen LogP contribution in [0.4, 0.5) is 5.69 Å². The number of sulfone groups is 1. The van der Waals surface area contributed by atoms with Gasteiger partial charge in [0, 0.05) is 23.5 Å². The van der Waals surface area contributed by atoms with E-state index in [9.17, 15) is 13.2 Å². The summed E-state index contributed by atoms with van der Waals surface area (Å²) in [5, 5.41) is 2.97. The summed E-state index contributed by atoms with van der Waals surface area (Å²) in [5.74, 6) is -0.110. The number of rotatable bonds is 6. The minimum Gasteiger partial charge on any atom is -0.362 e. The third-order valence-electron chi connectivity index (χ3n) is 3.76. The Bertz CT molecular complexity index is 1010. The van der Waals surface area contributed by atoms with E-state index >= 15 is 0 Å². The molecule has 0 fully saturated rings. The molecule has 0 aliphatic heterocycles. The predicted octanol–water partition coefficient (Wildman–Crippen LogP) is 4.33. The van der Waals surface area contributed by atoms with Crippen molar-refractivity contribution in [3.63, 3.8) is 0 Å². The average Bonchev–Trinajstić information content (AvgIpc) is 2.69. The van der Waals surface area contributed by atoms with Crippen LogP contribution in [0.1, 0.15) is 10.4 Å². The summed E-state index contributed by atoms with van der Waals surface area (Å²) >= 11 is 0. The maximum Gasteiger partial charge on any atom is 0.206 e. The lowest BCUT2D eigenvalue weighted by atomic mass is 10.1. The summed E-state index contributed by atoms with van der Waals surface area (Å²) in [6.07, 6.45) is 2.97. The molecule has 0 bridgehead atoms. The van der Waals surface area contributed by atoms with Gasteiger partial charge in [-0.2, -0.15) is 0 Å². The van der Waals surface area contributed by atoms with Gasteiger partial charge in [0.05, 0.1) is 9.79 Å². The number of ketones is 1. The van der Waals surface area contributed by atoms with E-state index in [0.29, 0.717) is 11.3 Å². The number of carbonyl (C=O) groups is 1. The topological polar surface area (TPSA) is 63.2 Å². The van der Waals surface area contributed by atoms with Crippen LogP contribution < -0.4 is 5.32 Å². The van der Waals surface area contributed by atoms with Crippen molar-refractivity contribution >= 4 is 21.3 Å². The van der Waals surface area contributed by atoms with Crippen LogP contribution in [0.3, 0.4) is 0 Å². The molecule has 0 unspecified atom stereocenters. The Morgan fingerprint density at radius 2 is 1.27 bits per heavy atom. The second-order valence-corrected chi connectivity index (χ2v) is 7.50. The molecular weight excluding hydrogens is 346 g/mol. The molecule has 26 heavy (non-hydrogen) atoms. The second-order valence-electron chi connectivity index (χ2n) is 5.55. The Morgan fingerprint density at radius 3 is 1.88 bits per heavy atom. The van der Waals surface area contributed by atoms with Crippen molar-refractivity contribution in [3.05, 3.63) is 103 Å². The lowest BCUT2D eigenvalue weighted by Gasteiger charge is -2.06. The fourth-order valence-corrected chi connectivity index (χ4v) is 3.66. The monoisotopic (exact) mass is 363 g/mol. The van der Waals surface area contributed by atoms with Gasteiger partial charge in [-0.1, -0.05) is 48.5 Å². The third-order valence-corrected chi connectivity index (χ3v) is 5.55. The zero-order valence-electron chi connectivity index (χ0n) is 13.9. The Kier molecular flexibility index (Phi) is 5.29. The molecule has 0 amide bonds. The lowest BCUT2D eigenvalue weighted by molar-refractivity contribution is 0.104. The van der Waals surface area contributed by atoms with E-state index in [1.54, 1.807) is 66.7 Å². The Morgan fingerprint density at radius 1 is 0.731 bits per heavy atom. The van der Waals surface area contributed by atoms with Crippen LogP contribution in [0.5, 0.6) is 0 Å². The van der Waals surface area contributed by atoms with Gasteiger partial charge in [0.25, 0.3) is 0 Å². The van der Waals surface area contributed by atoms with Crippen LogP contribution in [-0.2, 0) is 9.84 Å². The van der Waals surface area contributed by atoms with E-state index in [2.05, 4.69) is 5.32 Å². The molecule has 0 aromatic heterocycles. The van der Waals surface area contributed by atoms with Gasteiger partial charge in [0.1, 0.15) is 0 Å². The molecule has 0 radical (unpaired) electrons. The first kappa shape index (κ1) is 17.6. The number of allylic oxidation sites excluding steroid dienone is 1. The third kappa shape index (κ3) is 4.07. The molecule has 0 spiro atoms. The molecule has 3 rings (SSSR count). The molecular formula is C21H17NO3S. The van der Waals surface area contributed by atoms with Crippen molar-refractivity contribution in [1.29, 1.82) is 0 Å². The lowest BCUT2D eigenvalue weighted by Crippen LogP contribution is -2.01. The van der Waals surface area contributed by atoms with Crippen molar-refractivity contribution in [2.24, 2.45) is 0 Å². The largest absolute Gasteiger partial charge is 0.362 e. The van der Waals surface area contributed by atoms with Gasteiger partial charge in [-0.15, -0.1) is 0 Å². The Hall–Kier alpha value is -3.18. The number of hydrogen-bond donors (Lipinski definition) is 1. The molecule has 0 atom stereocenters. The van der Waals surface area contributed by atoms with Crippen molar-refractivity contribution in [3.8, 4) is 0 Å². The molecule has 1 N–H and O–H groups in total. The quantitative estimate of drug-likeness (QED) is 0.523. The number of benzene rings is 3. The highest BCUT2D eigenvalue weighted by Gasteiger charge is 2.16. The van der Waals surface area contributed by atoms with Crippen LogP contribution in [-0.4, -0.2) is 14.2 Å². The highest BCUT2D eigenvalue weighted by molar-refractivity contribution is 7.91. The number of carbonyl (C=O) groups excluding carboxylic acids is 1. The van der Waals surface area contributed by atoms with Gasteiger partial charge in [0.15, 0.2) is 5.78 Å². The summed E-state index contributed by atoms with van der Waals surface area (Å²) in [4.78, 5) is 12.5. The van der Waals surface area contributed by atoms with Crippen molar-refractivity contribution in [1.82, 2.24) is 0 Å². The van der Waals surface area contributed by atoms with E-state index in [4.69, 9.17) is 0 Å². The minimum atomic E-state index is -3.53. The Balaban J connectivity index is 1.69. The smallest absolute Gasteiger partial charge is 0.206 e. The maximum atomic E-state index is 12.5. The van der Waals surface area contributed by atoms with E-state index in [1.807, 2.05) is 6.07 Å². The SMILES string of the molecule is O=C(/C=C/Nc1ccc(S(=O)(=O)c2ccccc2)cc1)c1ccccc1. The van der Waals surface area contributed by atoms with Gasteiger partial charge < -0.3 is 5.32 Å². The van der Waals surface area contributed by atoms with Crippen molar-refractivity contribution < 1.29 is 13.2 Å². The van der Waals surface area contributed by atoms with Crippen LogP contribution in [0, 0.1) is 0 Å². The fourth-order valence-electron chi connectivity index (χ4n) is 2.38. The van der Waals surface area contributed by atoms with Crippen molar-refractivity contribution in [2.45, 2.75) is 9.79 Å². The first-order valence-corrected chi connectivity index (χ1v) is 9.48. The van der Waals surface area contributed by atoms with Crippen LogP contribution in [0.2, 0.25) is 0 Å². The molecule has 3 aromatic carbocycles. The van der Waals surface area contributed by atoms with E-state index in [1.165, 1.54) is 24.4 Å². The highest BCUT2D eigenvalue weighted by Crippen LogP contribution is 2.22. The summed E-state index contributed by atoms with van der Waals surface area (Å²) in [5.41, 5.74) is 1.30. The molecule has 0 aliphatic rings. The van der Waals surface area contributed by atoms with Gasteiger partial charge in [-0.3, -0.25) is 4.79 Å². The minimum absolute atomic E-state index is 0.110. The molecule has 5 heteroatoms. The second kappa shape index (κ2) is 7.80. The number of anilines is 1. The molecule has 0 saturated heterocycles. The highest BCUT2D eigenvalue weighted by atomic mass is 32.2. The molecule has 130 valence electrons. The number of hydrogen-bond acceptors (Lipinski definition) is 4. The summed E-state index contributed by atoms with van der Waals surface area (Å²) in [7, 11) is -3.53. The number of nitrogens with one attached hydrogen (secondary N) is 1. The molecule has 3 aromatic rings. The van der Waals surface area contributed by atoms with Crippen LogP contribution in [0.25, 0.3) is 0 Å². The zero-order valence-corrected chi connectivity index (χ0v) is 14.7. The molecule has 0 saturated carbocycles. The summed E-state index contributed by atoms with van der Waals surface area (Å²) < 4.78 is 25.1. The fraction of sp³-hybridized carbons (Fsp3) is 0. The van der Waals surface area contributed by atoms with E-state index in [0.717, 1.165) is 0 Å². The summed E-state index contributed by atoms with van der Waals surface area (Å²) in [6.45, 7) is 0. The van der Waals surface area contributed by atoms with E-state index < -0.39 is 9.84 Å². The van der Waals surface area contributed by atoms with Gasteiger partial charge >= 0.3 is 0 Å². The predicted molar refractivity (Wildman–Crippen MR) is 102 cm³/mol. The Labute approximate surface area is 152 Å². The van der Waals surface area contributed by atoms with Gasteiger partial charge in [-0.05, 0) is 36.4 Å². The van der Waals surface area contributed by atoms with Crippen LogP contribution >= 0.6 is 0 Å². The standard InChI is InChI=1S/C21H17NO3S/c23-21(17-7-3-1-4-8-17)15-16-22-18-11-13-20(14-12-18)26(24,25)19-9-5-2-6-10-19/h1-16,22H/b16-15+. The summed E-state index contributed by atoms with van der Waals surface area (Å²) in [6, 6.07) is 23.6. The first-order chi connectivity index (χ1) is 12.6. The zero-order chi connectivity index (χ0) is 18.4. The average molecular weight is 363 g/mol. The molecule has 0 heterocycles. The molecule has 4 nitrogen and oxygen atoms in total. The van der Waals surface area contributed by atoms with E-state index in [-0.39, 0.29) is 15.6 Å². The van der Waals surface area contributed by atoms with Crippen LogP contribution in [0.15, 0.2) is 107 Å². The maximum absolute atomic E-state index is 12.5. The molecule has 0 aliphatic carbocycles. The van der Waals surface area contributed by atoms with Gasteiger partial charge in [-0.25, -0.2) is 8.42 Å². The first-order valence-electron chi connectivity index (χ1n) is 8.00. The van der Waals surface area contributed by atoms with Crippen molar-refractivity contribution in [2.75, 3.05) is 5.32 Å². The van der Waals surface area contributed by atoms with Gasteiger partial charge in [0.2, 0.25) is 9.84 Å².